The average molecular weight is 395 g/mol. The topological polar surface area (TPSA) is 3.24 Å². The number of benzene rings is 1. The van der Waals surface area contributed by atoms with Crippen LogP contribution in [0.15, 0.2) is 46.2 Å². The summed E-state index contributed by atoms with van der Waals surface area (Å²) in [6.07, 6.45) is 0.631. The smallest absolute Gasteiger partial charge is 0.256 e. The first kappa shape index (κ1) is 15.1. The van der Waals surface area contributed by atoms with Crippen molar-refractivity contribution in [1.29, 1.82) is 0 Å². The van der Waals surface area contributed by atoms with Gasteiger partial charge in [0, 0.05) is 26.6 Å². The van der Waals surface area contributed by atoms with Crippen LogP contribution in [-0.4, -0.2) is 17.9 Å². The molecular weight excluding hydrogens is 385 g/mol. The summed E-state index contributed by atoms with van der Waals surface area (Å²) in [6, 6.07) is 2.94. The number of halogens is 5. The Balaban J connectivity index is 2.47. The Morgan fingerprint density at radius 1 is 1.10 bits per heavy atom. The minimum atomic E-state index is -2.59. The van der Waals surface area contributed by atoms with Crippen LogP contribution in [0, 0.1) is 11.6 Å². The van der Waals surface area contributed by atoms with Gasteiger partial charge in [-0.25, -0.2) is 17.6 Å². The van der Waals surface area contributed by atoms with Crippen molar-refractivity contribution in [2.75, 3.05) is 6.54 Å². The predicted octanol–water partition coefficient (Wildman–Crippen LogP) is 4.72. The van der Waals surface area contributed by atoms with E-state index in [0.29, 0.717) is 15.0 Å². The largest absolute Gasteiger partial charge is 0.335 e. The quantitative estimate of drug-likeness (QED) is 0.529. The number of hydrogen-bond donors (Lipinski definition) is 0. The minimum absolute atomic E-state index is 0.199. The summed E-state index contributed by atoms with van der Waals surface area (Å²) in [5.41, 5.74) is 0.881. The van der Waals surface area contributed by atoms with Crippen LogP contribution in [0.3, 0.4) is 0 Å². The minimum Gasteiger partial charge on any atom is -0.335 e. The maximum Gasteiger partial charge on any atom is 0.256 e. The Kier molecular flexibility index (Phi) is 4.52. The maximum atomic E-state index is 13.3. The number of nitrogens with zero attached hydrogens (tertiary/aromatic N) is 1. The first-order valence-corrected chi connectivity index (χ1v) is 6.75. The van der Waals surface area contributed by atoms with Crippen molar-refractivity contribution in [2.24, 2.45) is 0 Å². The molecule has 0 amide bonds. The monoisotopic (exact) mass is 395 g/mol. The summed E-state index contributed by atoms with van der Waals surface area (Å²) in [5.74, 6) is -1.51. The third-order valence-electron chi connectivity index (χ3n) is 2.76. The van der Waals surface area contributed by atoms with Crippen LogP contribution in [0.4, 0.5) is 17.6 Å². The number of rotatable bonds is 3. The van der Waals surface area contributed by atoms with Crippen LogP contribution in [0.1, 0.15) is 5.56 Å². The van der Waals surface area contributed by atoms with Crippen LogP contribution in [0.2, 0.25) is 0 Å². The predicted molar refractivity (Wildman–Crippen MR) is 78.3 cm³/mol. The molecule has 20 heavy (non-hydrogen) atoms. The highest BCUT2D eigenvalue weighted by atomic mass is 127. The molecule has 1 aliphatic rings. The summed E-state index contributed by atoms with van der Waals surface area (Å²) in [5, 5.41) is 0. The van der Waals surface area contributed by atoms with Crippen molar-refractivity contribution in [3.05, 3.63) is 63.4 Å². The molecule has 0 radical (unpaired) electrons. The zero-order valence-electron chi connectivity index (χ0n) is 10.2. The lowest BCUT2D eigenvalue weighted by Gasteiger charge is -2.31. The molecule has 0 N–H and O–H groups in total. The van der Waals surface area contributed by atoms with Crippen molar-refractivity contribution in [3.63, 3.8) is 0 Å². The SMILES string of the molecule is C=C1C(I)=CC=C(c2cc(F)cc(F)c2)N1CC(F)F. The van der Waals surface area contributed by atoms with Gasteiger partial charge in [0.25, 0.3) is 6.43 Å². The Hall–Kier alpha value is -1.31. The van der Waals surface area contributed by atoms with Crippen LogP contribution in [0.5, 0.6) is 0 Å². The maximum absolute atomic E-state index is 13.3. The van der Waals surface area contributed by atoms with E-state index in [9.17, 15) is 17.6 Å². The molecule has 1 aromatic carbocycles. The highest BCUT2D eigenvalue weighted by Crippen LogP contribution is 2.34. The molecule has 0 aliphatic carbocycles. The van der Waals surface area contributed by atoms with E-state index in [1.54, 1.807) is 12.2 Å². The van der Waals surface area contributed by atoms with Crippen LogP contribution in [0.25, 0.3) is 5.70 Å². The zero-order chi connectivity index (χ0) is 14.9. The number of alkyl halides is 2. The third kappa shape index (κ3) is 3.23. The second-order valence-corrected chi connectivity index (χ2v) is 5.34. The second kappa shape index (κ2) is 5.99. The summed E-state index contributed by atoms with van der Waals surface area (Å²) >= 11 is 1.97. The molecule has 2 rings (SSSR count). The van der Waals surface area contributed by atoms with Crippen molar-refractivity contribution in [3.8, 4) is 0 Å². The van der Waals surface area contributed by atoms with E-state index in [1.165, 1.54) is 4.90 Å². The normalized spacial score (nSPS) is 15.5. The van der Waals surface area contributed by atoms with Gasteiger partial charge >= 0.3 is 0 Å². The standard InChI is InChI=1S/C14H10F4IN/c1-8-12(19)2-3-13(20(8)7-14(17)18)9-4-10(15)6-11(16)5-9/h2-6,14H,1,7H2. The van der Waals surface area contributed by atoms with E-state index in [0.717, 1.165) is 18.2 Å². The van der Waals surface area contributed by atoms with Gasteiger partial charge in [-0.05, 0) is 46.9 Å². The highest BCUT2D eigenvalue weighted by molar-refractivity contribution is 14.1. The molecule has 0 aromatic heterocycles. The molecule has 0 spiro atoms. The van der Waals surface area contributed by atoms with Gasteiger partial charge in [0.2, 0.25) is 0 Å². The Bertz CT molecular complexity index is 587. The van der Waals surface area contributed by atoms with E-state index in [4.69, 9.17) is 0 Å². The molecule has 0 bridgehead atoms. The number of hydrogen-bond acceptors (Lipinski definition) is 1. The van der Waals surface area contributed by atoms with E-state index in [2.05, 4.69) is 6.58 Å². The van der Waals surface area contributed by atoms with Gasteiger partial charge in [-0.2, -0.15) is 0 Å². The van der Waals surface area contributed by atoms with Crippen molar-refractivity contribution < 1.29 is 17.6 Å². The second-order valence-electron chi connectivity index (χ2n) is 4.17. The van der Waals surface area contributed by atoms with E-state index in [-0.39, 0.29) is 5.56 Å². The highest BCUT2D eigenvalue weighted by Gasteiger charge is 2.23. The molecule has 0 unspecified atom stereocenters. The zero-order valence-corrected chi connectivity index (χ0v) is 12.4. The fourth-order valence-corrected chi connectivity index (χ4v) is 2.38. The molecule has 106 valence electrons. The fourth-order valence-electron chi connectivity index (χ4n) is 1.91. The van der Waals surface area contributed by atoms with Gasteiger partial charge in [0.15, 0.2) is 0 Å². The van der Waals surface area contributed by atoms with Gasteiger partial charge in [0.1, 0.15) is 11.6 Å². The summed E-state index contributed by atoms with van der Waals surface area (Å²) in [7, 11) is 0. The van der Waals surface area contributed by atoms with Crippen LogP contribution in [-0.2, 0) is 0 Å². The molecular formula is C14H10F4IN. The van der Waals surface area contributed by atoms with Gasteiger partial charge < -0.3 is 4.90 Å². The van der Waals surface area contributed by atoms with Crippen molar-refractivity contribution in [2.45, 2.75) is 6.43 Å². The van der Waals surface area contributed by atoms with E-state index < -0.39 is 24.6 Å². The number of allylic oxidation sites excluding steroid dienone is 3. The fraction of sp³-hybridized carbons (Fsp3) is 0.143. The Morgan fingerprint density at radius 2 is 1.70 bits per heavy atom. The molecule has 0 saturated heterocycles. The van der Waals surface area contributed by atoms with Gasteiger partial charge in [-0.3, -0.25) is 0 Å². The molecule has 0 saturated carbocycles. The molecule has 6 heteroatoms. The Labute approximate surface area is 127 Å². The molecule has 0 fully saturated rings. The van der Waals surface area contributed by atoms with Gasteiger partial charge in [-0.15, -0.1) is 0 Å². The van der Waals surface area contributed by atoms with Crippen LogP contribution < -0.4 is 0 Å². The molecule has 1 nitrogen and oxygen atoms in total. The Morgan fingerprint density at radius 3 is 2.25 bits per heavy atom. The van der Waals surface area contributed by atoms with Crippen LogP contribution >= 0.6 is 22.6 Å². The van der Waals surface area contributed by atoms with Gasteiger partial charge in [0.05, 0.1) is 6.54 Å². The van der Waals surface area contributed by atoms with E-state index >= 15 is 0 Å². The first-order valence-electron chi connectivity index (χ1n) is 5.67. The lowest BCUT2D eigenvalue weighted by atomic mass is 10.1. The lowest BCUT2D eigenvalue weighted by molar-refractivity contribution is 0.123. The summed E-state index contributed by atoms with van der Waals surface area (Å²) < 4.78 is 52.6. The third-order valence-corrected chi connectivity index (χ3v) is 3.74. The molecule has 1 heterocycles. The average Bonchev–Trinajstić information content (AvgIpc) is 2.33. The molecule has 1 aromatic rings. The summed E-state index contributed by atoms with van der Waals surface area (Å²) in [4.78, 5) is 1.26. The molecule has 1 aliphatic heterocycles. The first-order chi connectivity index (χ1) is 9.38. The van der Waals surface area contributed by atoms with Crippen molar-refractivity contribution in [1.82, 2.24) is 4.90 Å². The van der Waals surface area contributed by atoms with E-state index in [1.807, 2.05) is 22.6 Å². The van der Waals surface area contributed by atoms with Gasteiger partial charge in [-0.1, -0.05) is 6.58 Å². The van der Waals surface area contributed by atoms with Crippen molar-refractivity contribution >= 4 is 28.3 Å². The molecule has 0 atom stereocenters. The lowest BCUT2D eigenvalue weighted by Crippen LogP contribution is -2.28. The summed E-state index contributed by atoms with van der Waals surface area (Å²) in [6.45, 7) is 3.16.